The molecular weight excluding hydrogens is 352 g/mol. The number of nitrogens with one attached hydrogen (secondary N) is 1. The Morgan fingerprint density at radius 1 is 1.21 bits per heavy atom. The lowest BCUT2D eigenvalue weighted by Crippen LogP contribution is -2.41. The predicted molar refractivity (Wildman–Crippen MR) is 110 cm³/mol. The molecule has 3 aromatic heterocycles. The van der Waals surface area contributed by atoms with Gasteiger partial charge in [0.1, 0.15) is 5.82 Å². The number of imidazole rings is 1. The van der Waals surface area contributed by atoms with Gasteiger partial charge in [-0.15, -0.1) is 5.10 Å². The molecule has 0 bridgehead atoms. The van der Waals surface area contributed by atoms with Crippen molar-refractivity contribution in [2.45, 2.75) is 32.8 Å². The third kappa shape index (κ3) is 2.82. The largest absolute Gasteiger partial charge is 0.375 e. The standard InChI is InChI=1S/C21H24N6O/c1-13(2)21-16-10-15(4-5-17(16)23-24-21)18-11-22-19-6-7-20(25-27(18)19)26-8-9-28-14(3)12-26/h4-7,10-11,13-14H,8-9,12H2,1-3H3,(H,23,24)/t14-/m1/s1. The number of H-pyrrole nitrogens is 1. The zero-order chi connectivity index (χ0) is 19.3. The maximum atomic E-state index is 5.66. The highest BCUT2D eigenvalue weighted by atomic mass is 16.5. The summed E-state index contributed by atoms with van der Waals surface area (Å²) in [4.78, 5) is 6.83. The van der Waals surface area contributed by atoms with Crippen molar-refractivity contribution in [1.29, 1.82) is 0 Å². The molecule has 1 aromatic carbocycles. The highest BCUT2D eigenvalue weighted by Gasteiger charge is 2.19. The summed E-state index contributed by atoms with van der Waals surface area (Å²) in [5.74, 6) is 1.31. The van der Waals surface area contributed by atoms with Crippen molar-refractivity contribution >= 4 is 22.4 Å². The Balaban J connectivity index is 1.60. The summed E-state index contributed by atoms with van der Waals surface area (Å²) in [6.07, 6.45) is 2.11. The van der Waals surface area contributed by atoms with Gasteiger partial charge in [-0.1, -0.05) is 19.9 Å². The van der Waals surface area contributed by atoms with Crippen molar-refractivity contribution in [3.63, 3.8) is 0 Å². The maximum Gasteiger partial charge on any atom is 0.154 e. The van der Waals surface area contributed by atoms with Crippen LogP contribution in [0.1, 0.15) is 32.4 Å². The maximum absolute atomic E-state index is 5.66. The van der Waals surface area contributed by atoms with Crippen LogP contribution in [0.4, 0.5) is 5.82 Å². The molecule has 0 unspecified atom stereocenters. The molecule has 28 heavy (non-hydrogen) atoms. The normalized spacial score (nSPS) is 17.9. The highest BCUT2D eigenvalue weighted by molar-refractivity contribution is 5.86. The molecule has 0 aliphatic carbocycles. The number of hydrogen-bond donors (Lipinski definition) is 1. The molecule has 4 aromatic rings. The minimum atomic E-state index is 0.214. The minimum Gasteiger partial charge on any atom is -0.375 e. The molecule has 0 amide bonds. The molecule has 0 spiro atoms. The number of anilines is 1. The van der Waals surface area contributed by atoms with Crippen LogP contribution in [-0.2, 0) is 4.74 Å². The summed E-state index contributed by atoms with van der Waals surface area (Å²) in [7, 11) is 0. The fraction of sp³-hybridized carbons (Fsp3) is 0.381. The van der Waals surface area contributed by atoms with E-state index in [-0.39, 0.29) is 6.10 Å². The smallest absolute Gasteiger partial charge is 0.154 e. The highest BCUT2D eigenvalue weighted by Crippen LogP contribution is 2.29. The van der Waals surface area contributed by atoms with Gasteiger partial charge >= 0.3 is 0 Å². The first-order valence-corrected chi connectivity index (χ1v) is 9.80. The van der Waals surface area contributed by atoms with Crippen LogP contribution in [0.3, 0.4) is 0 Å². The van der Waals surface area contributed by atoms with Crippen LogP contribution in [0.25, 0.3) is 27.8 Å². The molecule has 1 atom stereocenters. The van der Waals surface area contributed by atoms with Gasteiger partial charge in [-0.05, 0) is 37.1 Å². The Morgan fingerprint density at radius 2 is 2.11 bits per heavy atom. The SMILES string of the molecule is CC(C)c1n[nH]c2ccc(-c3cnc4ccc(N5CCO[C@H](C)C5)nn34)cc12. The number of rotatable bonds is 3. The van der Waals surface area contributed by atoms with Gasteiger partial charge in [0, 0.05) is 24.0 Å². The zero-order valence-electron chi connectivity index (χ0n) is 16.4. The second-order valence-electron chi connectivity index (χ2n) is 7.76. The van der Waals surface area contributed by atoms with Crippen molar-refractivity contribution < 1.29 is 4.74 Å². The van der Waals surface area contributed by atoms with Gasteiger partial charge in [0.25, 0.3) is 0 Å². The van der Waals surface area contributed by atoms with Crippen LogP contribution in [0.5, 0.6) is 0 Å². The number of aromatic nitrogens is 5. The number of nitrogens with zero attached hydrogens (tertiary/aromatic N) is 5. The molecule has 1 N–H and O–H groups in total. The van der Waals surface area contributed by atoms with E-state index in [1.807, 2.05) is 22.8 Å². The molecular formula is C21H24N6O. The summed E-state index contributed by atoms with van der Waals surface area (Å²) in [5.41, 5.74) is 5.05. The second-order valence-corrected chi connectivity index (χ2v) is 7.76. The first-order valence-electron chi connectivity index (χ1n) is 9.80. The summed E-state index contributed by atoms with van der Waals surface area (Å²) >= 11 is 0. The summed E-state index contributed by atoms with van der Waals surface area (Å²) in [6, 6.07) is 10.4. The lowest BCUT2D eigenvalue weighted by atomic mass is 10.0. The monoisotopic (exact) mass is 376 g/mol. The zero-order valence-corrected chi connectivity index (χ0v) is 16.4. The van der Waals surface area contributed by atoms with E-state index in [4.69, 9.17) is 9.84 Å². The van der Waals surface area contributed by atoms with Gasteiger partial charge in [-0.2, -0.15) is 5.10 Å². The van der Waals surface area contributed by atoms with Crippen molar-refractivity contribution in [3.8, 4) is 11.3 Å². The predicted octanol–water partition coefficient (Wildman–Crippen LogP) is 3.62. The van der Waals surface area contributed by atoms with Gasteiger partial charge in [-0.3, -0.25) is 5.10 Å². The topological polar surface area (TPSA) is 71.3 Å². The van der Waals surface area contributed by atoms with E-state index < -0.39 is 0 Å². The quantitative estimate of drug-likeness (QED) is 0.591. The number of benzene rings is 1. The molecule has 4 heterocycles. The van der Waals surface area contributed by atoms with Crippen molar-refractivity contribution in [2.75, 3.05) is 24.6 Å². The number of morpholine rings is 1. The van der Waals surface area contributed by atoms with Crippen molar-refractivity contribution in [1.82, 2.24) is 24.8 Å². The van der Waals surface area contributed by atoms with Gasteiger partial charge in [0.2, 0.25) is 0 Å². The molecule has 7 heteroatoms. The molecule has 1 aliphatic rings. The fourth-order valence-electron chi connectivity index (χ4n) is 3.89. The van der Waals surface area contributed by atoms with Crippen LogP contribution in [0.2, 0.25) is 0 Å². The summed E-state index contributed by atoms with van der Waals surface area (Å²) in [6.45, 7) is 8.85. The van der Waals surface area contributed by atoms with E-state index in [0.29, 0.717) is 5.92 Å². The Labute approximate surface area is 163 Å². The molecule has 0 radical (unpaired) electrons. The van der Waals surface area contributed by atoms with E-state index in [1.165, 1.54) is 0 Å². The fourth-order valence-corrected chi connectivity index (χ4v) is 3.89. The minimum absolute atomic E-state index is 0.214. The van der Waals surface area contributed by atoms with Gasteiger partial charge < -0.3 is 9.64 Å². The number of hydrogen-bond acceptors (Lipinski definition) is 5. The van der Waals surface area contributed by atoms with Gasteiger partial charge in [0.05, 0.1) is 35.8 Å². The number of fused-ring (bicyclic) bond motifs is 2. The lowest BCUT2D eigenvalue weighted by Gasteiger charge is -2.31. The summed E-state index contributed by atoms with van der Waals surface area (Å²) < 4.78 is 7.60. The molecule has 144 valence electrons. The van der Waals surface area contributed by atoms with Crippen molar-refractivity contribution in [3.05, 3.63) is 42.2 Å². The van der Waals surface area contributed by atoms with E-state index in [0.717, 1.165) is 59.0 Å². The molecule has 1 saturated heterocycles. The van der Waals surface area contributed by atoms with E-state index in [9.17, 15) is 0 Å². The van der Waals surface area contributed by atoms with E-state index >= 15 is 0 Å². The molecule has 1 aliphatic heterocycles. The molecule has 0 saturated carbocycles. The van der Waals surface area contributed by atoms with Crippen LogP contribution >= 0.6 is 0 Å². The Morgan fingerprint density at radius 3 is 2.93 bits per heavy atom. The first kappa shape index (κ1) is 17.2. The first-order chi connectivity index (χ1) is 13.6. The molecule has 5 rings (SSSR count). The third-order valence-electron chi connectivity index (χ3n) is 5.35. The third-order valence-corrected chi connectivity index (χ3v) is 5.35. The lowest BCUT2D eigenvalue weighted by molar-refractivity contribution is 0.0529. The number of ether oxygens (including phenoxy) is 1. The Bertz CT molecular complexity index is 1140. The van der Waals surface area contributed by atoms with Crippen LogP contribution < -0.4 is 4.90 Å². The van der Waals surface area contributed by atoms with E-state index in [1.54, 1.807) is 0 Å². The van der Waals surface area contributed by atoms with Crippen molar-refractivity contribution in [2.24, 2.45) is 0 Å². The average molecular weight is 376 g/mol. The van der Waals surface area contributed by atoms with Crippen LogP contribution in [0, 0.1) is 0 Å². The van der Waals surface area contributed by atoms with E-state index in [2.05, 4.69) is 59.1 Å². The summed E-state index contributed by atoms with van der Waals surface area (Å²) in [5, 5.41) is 13.7. The van der Waals surface area contributed by atoms with Crippen LogP contribution in [-0.4, -0.2) is 50.6 Å². The molecule has 7 nitrogen and oxygen atoms in total. The molecule has 1 fully saturated rings. The van der Waals surface area contributed by atoms with Gasteiger partial charge in [0.15, 0.2) is 5.65 Å². The Hall–Kier alpha value is -2.93. The second kappa shape index (κ2) is 6.60. The Kier molecular flexibility index (Phi) is 4.05. The average Bonchev–Trinajstić information content (AvgIpc) is 3.31. The van der Waals surface area contributed by atoms with Crippen LogP contribution in [0.15, 0.2) is 36.5 Å². The van der Waals surface area contributed by atoms with Gasteiger partial charge in [-0.25, -0.2) is 9.50 Å². The number of aromatic amines is 1.